The van der Waals surface area contributed by atoms with E-state index in [1.54, 1.807) is 4.90 Å². The normalized spacial score (nSPS) is 23.1. The number of nitro groups is 1. The fourth-order valence-corrected chi connectivity index (χ4v) is 5.03. The molecular weight excluding hydrogens is 477 g/mol. The number of non-ortho nitro benzene ring substituents is 1. The van der Waals surface area contributed by atoms with Crippen LogP contribution < -0.4 is 9.38 Å². The van der Waals surface area contributed by atoms with Crippen molar-refractivity contribution in [2.45, 2.75) is 11.0 Å². The first-order valence-electron chi connectivity index (χ1n) is 10.2. The number of aliphatic hydroxyl groups excluding tert-OH is 1. The Morgan fingerprint density at radius 3 is 2.50 bits per heavy atom. The van der Waals surface area contributed by atoms with Crippen molar-refractivity contribution in [1.29, 1.82) is 0 Å². The number of quaternary nitrogens is 1. The van der Waals surface area contributed by atoms with E-state index in [0.717, 1.165) is 24.3 Å². The van der Waals surface area contributed by atoms with Gasteiger partial charge in [-0.1, -0.05) is 6.07 Å². The number of ether oxygens (including phenoxy) is 2. The van der Waals surface area contributed by atoms with E-state index in [1.165, 1.54) is 12.1 Å². The van der Waals surface area contributed by atoms with Gasteiger partial charge >= 0.3 is 16.2 Å². The molecule has 14 heteroatoms. The summed E-state index contributed by atoms with van der Waals surface area (Å²) in [4.78, 5) is 24.9. The molecule has 4 rings (SSSR count). The molecule has 2 N–H and O–H groups in total. The summed E-state index contributed by atoms with van der Waals surface area (Å²) in [5.41, 5.74) is -1.18. The van der Waals surface area contributed by atoms with Gasteiger partial charge in [-0.3, -0.25) is 14.7 Å². The van der Waals surface area contributed by atoms with Crippen molar-refractivity contribution in [3.05, 3.63) is 52.3 Å². The Labute approximate surface area is 193 Å². The van der Waals surface area contributed by atoms with E-state index in [1.807, 2.05) is 0 Å². The number of carbonyl (C=O) groups excluding carboxylic acids is 1. The second kappa shape index (κ2) is 8.88. The highest BCUT2D eigenvalue weighted by Gasteiger charge is 2.57. The van der Waals surface area contributed by atoms with Crippen molar-refractivity contribution >= 4 is 39.0 Å². The molecule has 0 bridgehead atoms. The number of para-hydroxylation sites is 1. The number of nitrogens with zero attached hydrogens (tertiary/aromatic N) is 3. The minimum absolute atomic E-state index is 0.0471. The number of amides is 1. The number of hydrogen-bond donors (Lipinski definition) is 2. The second-order valence-electron chi connectivity index (χ2n) is 7.77. The van der Waals surface area contributed by atoms with Gasteiger partial charge in [0.25, 0.3) is 5.69 Å². The van der Waals surface area contributed by atoms with Crippen molar-refractivity contribution in [3.63, 3.8) is 0 Å². The topological polar surface area (TPSA) is 157 Å². The van der Waals surface area contributed by atoms with Crippen LogP contribution in [0.15, 0.2) is 41.3 Å². The van der Waals surface area contributed by atoms with E-state index >= 15 is 4.39 Å². The van der Waals surface area contributed by atoms with E-state index in [2.05, 4.69) is 0 Å². The Balaban J connectivity index is 2.09. The molecule has 0 radical (unpaired) electrons. The Morgan fingerprint density at radius 2 is 1.91 bits per heavy atom. The number of anilines is 1. The molecule has 0 aromatic heterocycles. The maximum absolute atomic E-state index is 15.3. The summed E-state index contributed by atoms with van der Waals surface area (Å²) >= 11 is 0. The average molecular weight is 498 g/mol. The van der Waals surface area contributed by atoms with Crippen LogP contribution in [0.2, 0.25) is 0 Å². The lowest BCUT2D eigenvalue weighted by atomic mass is 10.1. The van der Waals surface area contributed by atoms with Gasteiger partial charge in [0.05, 0.1) is 30.8 Å². The molecule has 0 aliphatic carbocycles. The Morgan fingerprint density at radius 1 is 1.21 bits per heavy atom. The van der Waals surface area contributed by atoms with Gasteiger partial charge in [-0.2, -0.15) is 17.7 Å². The molecule has 2 heterocycles. The monoisotopic (exact) mass is 498 g/mol. The largest absolute Gasteiger partial charge is 0.527 e. The summed E-state index contributed by atoms with van der Waals surface area (Å²) in [6, 6.07) is 6.34. The first-order valence-corrected chi connectivity index (χ1v) is 11.6. The van der Waals surface area contributed by atoms with Crippen LogP contribution in [0.1, 0.15) is 0 Å². The molecule has 2 aromatic carbocycles. The second-order valence-corrected chi connectivity index (χ2v) is 9.16. The van der Waals surface area contributed by atoms with Crippen LogP contribution in [0.5, 0.6) is 0 Å². The van der Waals surface area contributed by atoms with Crippen LogP contribution >= 0.6 is 0 Å². The highest BCUT2D eigenvalue weighted by molar-refractivity contribution is 7.86. The summed E-state index contributed by atoms with van der Waals surface area (Å²) in [6.07, 6.45) is -2.22. The minimum Gasteiger partial charge on any atom is -0.408 e. The molecule has 0 saturated carbocycles. The summed E-state index contributed by atoms with van der Waals surface area (Å²) in [6.45, 7) is 0.0119. The van der Waals surface area contributed by atoms with Gasteiger partial charge in [-0.25, -0.2) is 4.39 Å². The van der Waals surface area contributed by atoms with Crippen molar-refractivity contribution in [3.8, 4) is 0 Å². The lowest BCUT2D eigenvalue weighted by Crippen LogP contribution is -2.48. The quantitative estimate of drug-likeness (QED) is 0.261. The average Bonchev–Trinajstić information content (AvgIpc) is 3.15. The number of nitro benzene ring substituents is 1. The molecule has 2 atom stereocenters. The number of morpholine rings is 1. The van der Waals surface area contributed by atoms with Gasteiger partial charge in [-0.15, -0.1) is 0 Å². The maximum atomic E-state index is 15.3. The van der Waals surface area contributed by atoms with Gasteiger partial charge in [0.15, 0.2) is 28.2 Å². The van der Waals surface area contributed by atoms with E-state index < -0.39 is 67.0 Å². The molecule has 0 spiro atoms. The SMILES string of the molecule is O=C1OC(CO)C[N@+]1(c1cc([N+](=O)[O-])ccc1S(=O)(=O)O)c1cccc(F)c1N1CCOCC1. The molecule has 2 saturated heterocycles. The molecule has 2 aromatic rings. The van der Waals surface area contributed by atoms with Gasteiger partial charge in [0, 0.05) is 25.2 Å². The first kappa shape index (κ1) is 24.0. The van der Waals surface area contributed by atoms with Gasteiger partial charge in [0.2, 0.25) is 0 Å². The van der Waals surface area contributed by atoms with E-state index in [0.29, 0.717) is 0 Å². The molecule has 34 heavy (non-hydrogen) atoms. The van der Waals surface area contributed by atoms with Crippen molar-refractivity contribution in [2.24, 2.45) is 0 Å². The van der Waals surface area contributed by atoms with Gasteiger partial charge < -0.3 is 19.5 Å². The Kier molecular flexibility index (Phi) is 6.26. The molecule has 12 nitrogen and oxygen atoms in total. The molecule has 1 amide bonds. The number of hydrogen-bond acceptors (Lipinski definition) is 9. The number of benzene rings is 2. The standard InChI is InChI=1S/C20H20FN3O9S/c21-15-2-1-3-16(19(15)22-6-8-32-9-7-22)24(11-14(12-25)33-20(24)26)17-10-13(23(27)28)4-5-18(17)34(29,30)31/h1-5,10,14,25H,6-9,11-12H2/p+1/t14?,24-/m1/s1. The molecular formula is C20H21FN3O9S+. The van der Waals surface area contributed by atoms with Gasteiger partial charge in [0.1, 0.15) is 12.2 Å². The van der Waals surface area contributed by atoms with Gasteiger partial charge in [-0.05, 0) is 12.1 Å². The third-order valence-corrected chi connectivity index (χ3v) is 6.71. The van der Waals surface area contributed by atoms with Crippen LogP contribution in [0.4, 0.5) is 31.9 Å². The number of carbonyl (C=O) groups is 1. The lowest BCUT2D eigenvalue weighted by molar-refractivity contribution is -0.384. The minimum atomic E-state index is -4.99. The fraction of sp³-hybridized carbons (Fsp3) is 0.350. The highest BCUT2D eigenvalue weighted by atomic mass is 32.2. The van der Waals surface area contributed by atoms with Crippen LogP contribution in [-0.4, -0.2) is 74.7 Å². The molecule has 2 aliphatic rings. The molecule has 2 aliphatic heterocycles. The summed E-state index contributed by atoms with van der Waals surface area (Å²) in [5.74, 6) is -0.726. The summed E-state index contributed by atoms with van der Waals surface area (Å²) < 4.78 is 59.1. The smallest absolute Gasteiger partial charge is 0.408 e. The Hall–Kier alpha value is -3.17. The first-order chi connectivity index (χ1) is 16.1. The van der Waals surface area contributed by atoms with Crippen LogP contribution in [0.3, 0.4) is 0 Å². The summed E-state index contributed by atoms with van der Waals surface area (Å²) in [7, 11) is -4.99. The third kappa shape index (κ3) is 3.99. The third-order valence-electron chi connectivity index (χ3n) is 5.81. The van der Waals surface area contributed by atoms with Crippen LogP contribution in [-0.2, 0) is 19.6 Å². The predicted octanol–water partition coefficient (Wildman–Crippen LogP) is 1.97. The molecule has 182 valence electrons. The fourth-order valence-electron chi connectivity index (χ4n) is 4.32. The molecule has 1 unspecified atom stereocenters. The van der Waals surface area contributed by atoms with Crippen molar-refractivity contribution in [1.82, 2.24) is 4.48 Å². The number of aliphatic hydroxyl groups is 1. The predicted molar refractivity (Wildman–Crippen MR) is 116 cm³/mol. The van der Waals surface area contributed by atoms with Crippen LogP contribution in [0, 0.1) is 15.9 Å². The summed E-state index contributed by atoms with van der Waals surface area (Å²) in [5, 5.41) is 21.2. The van der Waals surface area contributed by atoms with Crippen molar-refractivity contribution < 1.29 is 41.7 Å². The van der Waals surface area contributed by atoms with E-state index in [4.69, 9.17) is 9.47 Å². The zero-order valence-corrected chi connectivity index (χ0v) is 18.5. The zero-order valence-electron chi connectivity index (χ0n) is 17.7. The number of rotatable bonds is 6. The lowest BCUT2D eigenvalue weighted by Gasteiger charge is -2.35. The molecule has 2 fully saturated rings. The van der Waals surface area contributed by atoms with E-state index in [9.17, 15) is 33.0 Å². The number of halogens is 1. The van der Waals surface area contributed by atoms with E-state index in [-0.39, 0.29) is 37.7 Å². The maximum Gasteiger partial charge on any atom is 0.527 e. The number of cyclic esters (lactones) is 1. The highest BCUT2D eigenvalue weighted by Crippen LogP contribution is 2.49. The zero-order chi connectivity index (χ0) is 24.7. The van der Waals surface area contributed by atoms with Crippen LogP contribution in [0.25, 0.3) is 0 Å². The Bertz CT molecular complexity index is 1250. The van der Waals surface area contributed by atoms with Crippen molar-refractivity contribution in [2.75, 3.05) is 44.4 Å².